The third kappa shape index (κ3) is 4.13. The molecule has 1 saturated heterocycles. The molecule has 2 fully saturated rings. The van der Waals surface area contributed by atoms with Gasteiger partial charge in [-0.1, -0.05) is 12.8 Å². The fourth-order valence-electron chi connectivity index (χ4n) is 3.19. The normalized spacial score (nSPS) is 22.9. The summed E-state index contributed by atoms with van der Waals surface area (Å²) in [6.07, 6.45) is 9.45. The second-order valence-corrected chi connectivity index (χ2v) is 7.99. The summed E-state index contributed by atoms with van der Waals surface area (Å²) in [6.45, 7) is 1.81. The highest BCUT2D eigenvalue weighted by molar-refractivity contribution is 8.00. The number of aromatic nitrogens is 1. The zero-order valence-electron chi connectivity index (χ0n) is 12.3. The van der Waals surface area contributed by atoms with Gasteiger partial charge >= 0.3 is 0 Å². The first-order valence-corrected chi connectivity index (χ1v) is 9.80. The van der Waals surface area contributed by atoms with Crippen LogP contribution < -0.4 is 10.2 Å². The van der Waals surface area contributed by atoms with Gasteiger partial charge in [0, 0.05) is 36.0 Å². The maximum absolute atomic E-state index is 12.0. The van der Waals surface area contributed by atoms with Crippen molar-refractivity contribution in [1.29, 1.82) is 0 Å². The lowest BCUT2D eigenvalue weighted by atomic mass is 10.2. The molecular formula is C15H23N3OS2. The number of nitrogens with one attached hydrogen (secondary N) is 1. The zero-order valence-corrected chi connectivity index (χ0v) is 13.9. The van der Waals surface area contributed by atoms with Crippen molar-refractivity contribution in [2.45, 2.75) is 49.8 Å². The van der Waals surface area contributed by atoms with Gasteiger partial charge in [-0.15, -0.1) is 23.1 Å². The molecular weight excluding hydrogens is 302 g/mol. The van der Waals surface area contributed by atoms with E-state index in [4.69, 9.17) is 0 Å². The van der Waals surface area contributed by atoms with E-state index in [1.54, 1.807) is 11.3 Å². The molecule has 1 aromatic heterocycles. The Labute approximate surface area is 134 Å². The van der Waals surface area contributed by atoms with E-state index < -0.39 is 0 Å². The highest BCUT2D eigenvalue weighted by Gasteiger charge is 2.26. The Morgan fingerprint density at radius 2 is 2.24 bits per heavy atom. The summed E-state index contributed by atoms with van der Waals surface area (Å²) < 4.78 is 0. The second-order valence-electron chi connectivity index (χ2n) is 5.83. The van der Waals surface area contributed by atoms with Crippen LogP contribution in [0.25, 0.3) is 0 Å². The first-order valence-electron chi connectivity index (χ1n) is 7.87. The molecule has 1 aliphatic heterocycles. The molecule has 1 aromatic rings. The fraction of sp³-hybridized carbons (Fsp3) is 0.733. The molecule has 1 aliphatic carbocycles. The van der Waals surface area contributed by atoms with Crippen LogP contribution in [0.4, 0.5) is 5.13 Å². The number of amides is 1. The minimum atomic E-state index is 0.192. The van der Waals surface area contributed by atoms with Crippen molar-refractivity contribution in [2.24, 2.45) is 0 Å². The molecule has 1 N–H and O–H groups in total. The Morgan fingerprint density at radius 3 is 3.00 bits per heavy atom. The number of thiazole rings is 1. The number of nitrogens with zero attached hydrogens (tertiary/aromatic N) is 2. The molecule has 2 heterocycles. The molecule has 1 unspecified atom stereocenters. The van der Waals surface area contributed by atoms with Crippen molar-refractivity contribution in [3.63, 3.8) is 0 Å². The molecule has 6 heteroatoms. The van der Waals surface area contributed by atoms with Crippen molar-refractivity contribution >= 4 is 34.1 Å². The van der Waals surface area contributed by atoms with E-state index in [9.17, 15) is 4.79 Å². The largest absolute Gasteiger partial charge is 0.353 e. The summed E-state index contributed by atoms with van der Waals surface area (Å²) in [5, 5.41) is 6.94. The maximum atomic E-state index is 12.0. The van der Waals surface area contributed by atoms with Gasteiger partial charge in [0.25, 0.3) is 0 Å². The first-order chi connectivity index (χ1) is 10.3. The Morgan fingerprint density at radius 1 is 1.38 bits per heavy atom. The highest BCUT2D eigenvalue weighted by atomic mass is 32.2. The second kappa shape index (κ2) is 7.49. The molecule has 0 spiro atoms. The molecule has 21 heavy (non-hydrogen) atoms. The Balaban J connectivity index is 1.40. The molecule has 1 amide bonds. The minimum Gasteiger partial charge on any atom is -0.353 e. The van der Waals surface area contributed by atoms with Crippen LogP contribution in [0, 0.1) is 0 Å². The van der Waals surface area contributed by atoms with Crippen molar-refractivity contribution in [1.82, 2.24) is 10.3 Å². The van der Waals surface area contributed by atoms with E-state index >= 15 is 0 Å². The number of rotatable bonds is 6. The number of hydrogen-bond donors (Lipinski definition) is 1. The highest BCUT2D eigenvalue weighted by Crippen LogP contribution is 2.29. The standard InChI is InChI=1S/C15H23N3OS2/c19-14(11-21-13-5-1-2-6-13)17-10-12-4-3-8-18(12)15-16-7-9-20-15/h7,9,12-13H,1-6,8,10-11H2,(H,17,19). The van der Waals surface area contributed by atoms with Gasteiger partial charge in [0.2, 0.25) is 5.91 Å². The van der Waals surface area contributed by atoms with Crippen LogP contribution in [-0.4, -0.2) is 41.0 Å². The monoisotopic (exact) mass is 325 g/mol. The first kappa shape index (κ1) is 15.2. The molecule has 0 aromatic carbocycles. The predicted molar refractivity (Wildman–Crippen MR) is 90.2 cm³/mol. The van der Waals surface area contributed by atoms with Crippen LogP contribution in [0.5, 0.6) is 0 Å². The van der Waals surface area contributed by atoms with E-state index in [-0.39, 0.29) is 5.91 Å². The van der Waals surface area contributed by atoms with Crippen LogP contribution >= 0.6 is 23.1 Å². The topological polar surface area (TPSA) is 45.2 Å². The van der Waals surface area contributed by atoms with Gasteiger partial charge in [-0.05, 0) is 25.7 Å². The van der Waals surface area contributed by atoms with Crippen LogP contribution in [0.2, 0.25) is 0 Å². The number of carbonyl (C=O) groups is 1. The van der Waals surface area contributed by atoms with Gasteiger partial charge in [0.15, 0.2) is 5.13 Å². The third-order valence-corrected chi connectivity index (χ3v) is 6.51. The summed E-state index contributed by atoms with van der Waals surface area (Å²) in [5.74, 6) is 0.812. The predicted octanol–water partition coefficient (Wildman–Crippen LogP) is 2.90. The van der Waals surface area contributed by atoms with E-state index in [1.165, 1.54) is 32.1 Å². The summed E-state index contributed by atoms with van der Waals surface area (Å²) in [7, 11) is 0. The van der Waals surface area contributed by atoms with E-state index in [2.05, 4.69) is 15.2 Å². The van der Waals surface area contributed by atoms with E-state index in [0.717, 1.165) is 24.6 Å². The lowest BCUT2D eigenvalue weighted by Gasteiger charge is -2.24. The number of thioether (sulfide) groups is 1. The molecule has 3 rings (SSSR count). The van der Waals surface area contributed by atoms with Crippen LogP contribution in [0.15, 0.2) is 11.6 Å². The third-order valence-electron chi connectivity index (χ3n) is 4.33. The van der Waals surface area contributed by atoms with Crippen LogP contribution in [0.3, 0.4) is 0 Å². The number of carbonyl (C=O) groups excluding carboxylic acids is 1. The Bertz CT molecular complexity index is 446. The maximum Gasteiger partial charge on any atom is 0.230 e. The van der Waals surface area contributed by atoms with Gasteiger partial charge in [-0.25, -0.2) is 4.98 Å². The van der Waals surface area contributed by atoms with Gasteiger partial charge < -0.3 is 10.2 Å². The molecule has 4 nitrogen and oxygen atoms in total. The molecule has 0 radical (unpaired) electrons. The Kier molecular flexibility index (Phi) is 5.41. The zero-order chi connectivity index (χ0) is 14.5. The minimum absolute atomic E-state index is 0.192. The van der Waals surface area contributed by atoms with Gasteiger partial charge in [0.05, 0.1) is 5.75 Å². The van der Waals surface area contributed by atoms with Crippen molar-refractivity contribution < 1.29 is 4.79 Å². The SMILES string of the molecule is O=C(CSC1CCCC1)NCC1CCCN1c1nccs1. The summed E-state index contributed by atoms with van der Waals surface area (Å²) in [5.41, 5.74) is 0. The lowest BCUT2D eigenvalue weighted by molar-refractivity contribution is -0.118. The van der Waals surface area contributed by atoms with Gasteiger partial charge in [0.1, 0.15) is 0 Å². The van der Waals surface area contributed by atoms with E-state index in [1.807, 2.05) is 23.3 Å². The van der Waals surface area contributed by atoms with Gasteiger partial charge in [-0.3, -0.25) is 4.79 Å². The summed E-state index contributed by atoms with van der Waals surface area (Å²) >= 11 is 3.52. The average molecular weight is 326 g/mol. The van der Waals surface area contributed by atoms with Crippen molar-refractivity contribution in [2.75, 3.05) is 23.7 Å². The molecule has 1 saturated carbocycles. The summed E-state index contributed by atoms with van der Waals surface area (Å²) in [6, 6.07) is 0.414. The van der Waals surface area contributed by atoms with Crippen molar-refractivity contribution in [3.05, 3.63) is 11.6 Å². The van der Waals surface area contributed by atoms with Crippen LogP contribution in [0.1, 0.15) is 38.5 Å². The smallest absolute Gasteiger partial charge is 0.230 e. The van der Waals surface area contributed by atoms with Crippen molar-refractivity contribution in [3.8, 4) is 0 Å². The van der Waals surface area contributed by atoms with E-state index in [0.29, 0.717) is 17.0 Å². The summed E-state index contributed by atoms with van der Waals surface area (Å²) in [4.78, 5) is 18.7. The molecule has 0 bridgehead atoms. The molecule has 2 aliphatic rings. The quantitative estimate of drug-likeness (QED) is 0.873. The lowest BCUT2D eigenvalue weighted by Crippen LogP contribution is -2.40. The number of hydrogen-bond acceptors (Lipinski definition) is 5. The van der Waals surface area contributed by atoms with Crippen LogP contribution in [-0.2, 0) is 4.79 Å². The number of anilines is 1. The molecule has 116 valence electrons. The van der Waals surface area contributed by atoms with Gasteiger partial charge in [-0.2, -0.15) is 0 Å². The molecule has 1 atom stereocenters. The Hall–Kier alpha value is -0.750. The fourth-order valence-corrected chi connectivity index (χ4v) is 5.09. The average Bonchev–Trinajstić information content (AvgIpc) is 3.24.